The van der Waals surface area contributed by atoms with Crippen molar-refractivity contribution in [1.82, 2.24) is 14.8 Å². The van der Waals surface area contributed by atoms with E-state index in [1.54, 1.807) is 12.3 Å². The Balaban J connectivity index is 2.14. The fraction of sp³-hybridized carbons (Fsp3) is 0.133. The Morgan fingerprint density at radius 2 is 2.05 bits per heavy atom. The molecule has 3 aromatic rings. The van der Waals surface area contributed by atoms with Gasteiger partial charge < -0.3 is 5.73 Å². The summed E-state index contributed by atoms with van der Waals surface area (Å²) in [6.07, 6.45) is 1.72. The number of nitrogen functional groups attached to an aromatic ring is 1. The van der Waals surface area contributed by atoms with Gasteiger partial charge in [-0.25, -0.2) is 4.68 Å². The van der Waals surface area contributed by atoms with Gasteiger partial charge in [0.1, 0.15) is 0 Å². The van der Waals surface area contributed by atoms with E-state index in [9.17, 15) is 4.79 Å². The van der Waals surface area contributed by atoms with Gasteiger partial charge in [-0.3, -0.25) is 9.78 Å². The molecule has 0 radical (unpaired) electrons. The van der Waals surface area contributed by atoms with Gasteiger partial charge in [-0.15, -0.1) is 0 Å². The smallest absolute Gasteiger partial charge is 0.267 e. The molecule has 2 heterocycles. The van der Waals surface area contributed by atoms with Crippen molar-refractivity contribution in [2.75, 3.05) is 5.73 Å². The average molecular weight is 266 g/mol. The molecule has 0 aliphatic carbocycles. The molecule has 0 atom stereocenters. The zero-order valence-corrected chi connectivity index (χ0v) is 11.1. The number of pyridine rings is 1. The molecule has 0 saturated heterocycles. The average Bonchev–Trinajstić information content (AvgIpc) is 2.46. The van der Waals surface area contributed by atoms with E-state index in [2.05, 4.69) is 10.1 Å². The molecule has 0 spiro atoms. The van der Waals surface area contributed by atoms with Crippen molar-refractivity contribution < 1.29 is 0 Å². The lowest BCUT2D eigenvalue weighted by Crippen LogP contribution is -2.23. The maximum Gasteiger partial charge on any atom is 0.267 e. The molecule has 3 rings (SSSR count). The zero-order valence-electron chi connectivity index (χ0n) is 11.1. The second kappa shape index (κ2) is 4.77. The Labute approximate surface area is 115 Å². The zero-order chi connectivity index (χ0) is 14.1. The Kier molecular flexibility index (Phi) is 2.95. The van der Waals surface area contributed by atoms with Gasteiger partial charge in [0.2, 0.25) is 0 Å². The summed E-state index contributed by atoms with van der Waals surface area (Å²) in [5.74, 6) is 0. The number of aromatic nitrogens is 3. The van der Waals surface area contributed by atoms with E-state index in [1.807, 2.05) is 31.2 Å². The number of aryl methyl sites for hydroxylation is 1. The van der Waals surface area contributed by atoms with Crippen molar-refractivity contribution in [3.63, 3.8) is 0 Å². The van der Waals surface area contributed by atoms with Crippen LogP contribution < -0.4 is 11.3 Å². The van der Waals surface area contributed by atoms with Crippen LogP contribution in [0.2, 0.25) is 0 Å². The summed E-state index contributed by atoms with van der Waals surface area (Å²) in [7, 11) is 0. The van der Waals surface area contributed by atoms with Crippen molar-refractivity contribution in [3.8, 4) is 0 Å². The highest BCUT2D eigenvalue weighted by Crippen LogP contribution is 2.22. The van der Waals surface area contributed by atoms with E-state index in [-0.39, 0.29) is 5.56 Å². The number of anilines is 1. The summed E-state index contributed by atoms with van der Waals surface area (Å²) in [5.41, 5.74) is 9.04. The Bertz CT molecular complexity index is 839. The van der Waals surface area contributed by atoms with Crippen LogP contribution in [-0.2, 0) is 6.54 Å². The minimum absolute atomic E-state index is 0.128. The summed E-state index contributed by atoms with van der Waals surface area (Å²) >= 11 is 0. The Morgan fingerprint density at radius 1 is 1.20 bits per heavy atom. The first kappa shape index (κ1) is 12.3. The van der Waals surface area contributed by atoms with Crippen LogP contribution in [0.1, 0.15) is 11.3 Å². The number of nitrogens with zero attached hydrogens (tertiary/aromatic N) is 3. The van der Waals surface area contributed by atoms with Crippen LogP contribution in [0.3, 0.4) is 0 Å². The quantitative estimate of drug-likeness (QED) is 0.717. The molecule has 0 fully saturated rings. The lowest BCUT2D eigenvalue weighted by Gasteiger charge is -2.09. The predicted octanol–water partition coefficient (Wildman–Crippen LogP) is 1.73. The summed E-state index contributed by atoms with van der Waals surface area (Å²) in [6, 6.07) is 10.7. The highest BCUT2D eigenvalue weighted by atomic mass is 16.1. The van der Waals surface area contributed by atoms with Crippen LogP contribution in [0.25, 0.3) is 10.9 Å². The molecule has 20 heavy (non-hydrogen) atoms. The third-order valence-corrected chi connectivity index (χ3v) is 3.21. The molecule has 2 N–H and O–H groups in total. The van der Waals surface area contributed by atoms with Crippen LogP contribution in [0.5, 0.6) is 0 Å². The molecule has 1 aromatic carbocycles. The van der Waals surface area contributed by atoms with E-state index >= 15 is 0 Å². The van der Waals surface area contributed by atoms with Crippen molar-refractivity contribution in [2.24, 2.45) is 0 Å². The molecule has 0 aliphatic heterocycles. The van der Waals surface area contributed by atoms with E-state index in [0.29, 0.717) is 12.2 Å². The van der Waals surface area contributed by atoms with E-state index in [1.165, 1.54) is 10.7 Å². The summed E-state index contributed by atoms with van der Waals surface area (Å²) in [4.78, 5) is 16.2. The fourth-order valence-electron chi connectivity index (χ4n) is 2.21. The molecule has 0 aliphatic rings. The molecule has 100 valence electrons. The maximum atomic E-state index is 11.8. The van der Waals surface area contributed by atoms with E-state index in [4.69, 9.17) is 5.73 Å². The maximum absolute atomic E-state index is 11.8. The minimum atomic E-state index is -0.128. The summed E-state index contributed by atoms with van der Waals surface area (Å²) in [5, 5.41) is 5.14. The summed E-state index contributed by atoms with van der Waals surface area (Å²) in [6.45, 7) is 2.24. The van der Waals surface area contributed by atoms with E-state index in [0.717, 1.165) is 22.2 Å². The second-order valence-electron chi connectivity index (χ2n) is 4.68. The van der Waals surface area contributed by atoms with Gasteiger partial charge in [0.05, 0.1) is 17.8 Å². The number of hydrogen-bond donors (Lipinski definition) is 1. The third-order valence-electron chi connectivity index (χ3n) is 3.21. The molecule has 0 saturated carbocycles. The third kappa shape index (κ3) is 2.14. The second-order valence-corrected chi connectivity index (χ2v) is 4.68. The molecule has 0 bridgehead atoms. The number of fused-ring (bicyclic) bond motifs is 1. The van der Waals surface area contributed by atoms with Gasteiger partial charge in [0, 0.05) is 28.9 Å². The van der Waals surface area contributed by atoms with Gasteiger partial charge in [0.25, 0.3) is 5.56 Å². The highest BCUT2D eigenvalue weighted by Gasteiger charge is 2.07. The first-order valence-electron chi connectivity index (χ1n) is 6.32. The van der Waals surface area contributed by atoms with Crippen molar-refractivity contribution >= 4 is 16.6 Å². The molecular formula is C15H14N4O. The number of rotatable bonds is 2. The SMILES string of the molecule is Cc1ccc(=O)n(Cc2ccc(N)c3cccnc23)n1. The van der Waals surface area contributed by atoms with Crippen molar-refractivity contribution in [3.05, 3.63) is 64.2 Å². The first-order valence-corrected chi connectivity index (χ1v) is 6.32. The number of benzene rings is 1. The van der Waals surface area contributed by atoms with Gasteiger partial charge in [-0.1, -0.05) is 6.07 Å². The topological polar surface area (TPSA) is 73.8 Å². The summed E-state index contributed by atoms with van der Waals surface area (Å²) < 4.78 is 1.44. The lowest BCUT2D eigenvalue weighted by atomic mass is 10.1. The predicted molar refractivity (Wildman–Crippen MR) is 78.5 cm³/mol. The molecule has 5 heteroatoms. The van der Waals surface area contributed by atoms with Crippen LogP contribution in [0.4, 0.5) is 5.69 Å². The highest BCUT2D eigenvalue weighted by molar-refractivity contribution is 5.92. The van der Waals surface area contributed by atoms with Gasteiger partial charge in [0.15, 0.2) is 0 Å². The first-order chi connectivity index (χ1) is 9.65. The Morgan fingerprint density at radius 3 is 2.90 bits per heavy atom. The molecule has 0 amide bonds. The largest absolute Gasteiger partial charge is 0.398 e. The van der Waals surface area contributed by atoms with Crippen molar-refractivity contribution in [1.29, 1.82) is 0 Å². The molecular weight excluding hydrogens is 252 g/mol. The van der Waals surface area contributed by atoms with E-state index < -0.39 is 0 Å². The normalized spacial score (nSPS) is 10.8. The van der Waals surface area contributed by atoms with Crippen molar-refractivity contribution in [2.45, 2.75) is 13.5 Å². The fourth-order valence-corrected chi connectivity index (χ4v) is 2.21. The van der Waals surface area contributed by atoms with Crippen LogP contribution >= 0.6 is 0 Å². The van der Waals surface area contributed by atoms with Crippen LogP contribution in [0.15, 0.2) is 47.4 Å². The van der Waals surface area contributed by atoms with Gasteiger partial charge in [-0.2, -0.15) is 5.10 Å². The Hall–Kier alpha value is -2.69. The number of hydrogen-bond acceptors (Lipinski definition) is 4. The van der Waals surface area contributed by atoms with Crippen LogP contribution in [-0.4, -0.2) is 14.8 Å². The number of nitrogens with two attached hydrogens (primary N) is 1. The minimum Gasteiger partial charge on any atom is -0.398 e. The van der Waals surface area contributed by atoms with Gasteiger partial charge >= 0.3 is 0 Å². The molecule has 2 aromatic heterocycles. The van der Waals surface area contributed by atoms with Crippen LogP contribution in [0, 0.1) is 6.92 Å². The monoisotopic (exact) mass is 266 g/mol. The molecule has 0 unspecified atom stereocenters. The lowest BCUT2D eigenvalue weighted by molar-refractivity contribution is 0.630. The van der Waals surface area contributed by atoms with Gasteiger partial charge in [-0.05, 0) is 31.2 Å². The standard InChI is InChI=1S/C15H14N4O/c1-10-4-7-14(20)19(18-10)9-11-5-6-13(16)12-3-2-8-17-15(11)12/h2-8H,9,16H2,1H3. The molecule has 5 nitrogen and oxygen atoms in total.